The van der Waals surface area contributed by atoms with Gasteiger partial charge in [0.1, 0.15) is 0 Å². The van der Waals surface area contributed by atoms with Gasteiger partial charge in [-0.1, -0.05) is 42.5 Å². The lowest BCUT2D eigenvalue weighted by atomic mass is 9.96. The number of hydrogen-bond acceptors (Lipinski definition) is 3. The lowest BCUT2D eigenvalue weighted by Crippen LogP contribution is -2.43. The monoisotopic (exact) mass is 337 g/mol. The van der Waals surface area contributed by atoms with E-state index in [1.54, 1.807) is 0 Å². The molecule has 0 saturated carbocycles. The maximum Gasteiger partial charge on any atom is 0.254 e. The van der Waals surface area contributed by atoms with Crippen LogP contribution in [0.25, 0.3) is 0 Å². The maximum atomic E-state index is 13.2. The van der Waals surface area contributed by atoms with Crippen molar-refractivity contribution in [2.24, 2.45) is 0 Å². The minimum atomic E-state index is -0.0269. The topological polar surface area (TPSA) is 38.8 Å². The maximum absolute atomic E-state index is 13.2. The van der Waals surface area contributed by atoms with Gasteiger partial charge in [-0.15, -0.1) is 0 Å². The Kier molecular flexibility index (Phi) is 4.81. The van der Waals surface area contributed by atoms with Crippen molar-refractivity contribution in [2.45, 2.75) is 18.4 Å². The quantitative estimate of drug-likeness (QED) is 0.862. The van der Waals surface area contributed by atoms with Crippen LogP contribution in [-0.2, 0) is 9.47 Å². The fraction of sp³-hybridized carbons (Fsp3) is 0.381. The van der Waals surface area contributed by atoms with Crippen molar-refractivity contribution in [1.29, 1.82) is 0 Å². The standard InChI is InChI=1S/C21H23NO3/c23-21(18-8-4-7-17(13-18)19-9-11-24-14-19)22-10-12-25-15-20(22)16-5-2-1-3-6-16/h1-8,13,19-20H,9-12,14-15H2/t19-,20+/m1/s1. The van der Waals surface area contributed by atoms with Crippen LogP contribution in [0.2, 0.25) is 0 Å². The molecule has 4 rings (SSSR count). The van der Waals surface area contributed by atoms with Crippen LogP contribution in [0.3, 0.4) is 0 Å². The second kappa shape index (κ2) is 7.38. The fourth-order valence-electron chi connectivity index (χ4n) is 3.69. The molecule has 4 heteroatoms. The first kappa shape index (κ1) is 16.3. The summed E-state index contributed by atoms with van der Waals surface area (Å²) in [4.78, 5) is 15.1. The Hall–Kier alpha value is -2.17. The van der Waals surface area contributed by atoms with Crippen LogP contribution in [0.15, 0.2) is 54.6 Å². The predicted octanol–water partition coefficient (Wildman–Crippen LogP) is 3.40. The molecule has 2 fully saturated rings. The van der Waals surface area contributed by atoms with Crippen LogP contribution in [-0.4, -0.2) is 43.8 Å². The molecule has 0 spiro atoms. The van der Waals surface area contributed by atoms with Gasteiger partial charge >= 0.3 is 0 Å². The molecule has 1 amide bonds. The summed E-state index contributed by atoms with van der Waals surface area (Å²) < 4.78 is 11.1. The van der Waals surface area contributed by atoms with Crippen molar-refractivity contribution in [3.05, 3.63) is 71.3 Å². The molecule has 0 unspecified atom stereocenters. The number of carbonyl (C=O) groups is 1. The van der Waals surface area contributed by atoms with Crippen molar-refractivity contribution in [3.63, 3.8) is 0 Å². The number of rotatable bonds is 3. The van der Waals surface area contributed by atoms with E-state index in [1.165, 1.54) is 5.56 Å². The minimum Gasteiger partial charge on any atom is -0.381 e. The Morgan fingerprint density at radius 2 is 1.72 bits per heavy atom. The third kappa shape index (κ3) is 3.46. The number of benzene rings is 2. The highest BCUT2D eigenvalue weighted by molar-refractivity contribution is 5.94. The van der Waals surface area contributed by atoms with Crippen molar-refractivity contribution in [1.82, 2.24) is 4.90 Å². The Morgan fingerprint density at radius 1 is 0.920 bits per heavy atom. The van der Waals surface area contributed by atoms with Gasteiger partial charge in [0, 0.05) is 24.6 Å². The van der Waals surface area contributed by atoms with Gasteiger partial charge < -0.3 is 14.4 Å². The van der Waals surface area contributed by atoms with Gasteiger partial charge in [-0.05, 0) is 29.7 Å². The van der Waals surface area contributed by atoms with Crippen molar-refractivity contribution < 1.29 is 14.3 Å². The highest BCUT2D eigenvalue weighted by Crippen LogP contribution is 2.29. The molecule has 2 heterocycles. The molecular weight excluding hydrogens is 314 g/mol. The van der Waals surface area contributed by atoms with Crippen molar-refractivity contribution >= 4 is 5.91 Å². The van der Waals surface area contributed by atoms with Crippen LogP contribution < -0.4 is 0 Å². The zero-order valence-corrected chi connectivity index (χ0v) is 14.3. The van der Waals surface area contributed by atoms with Crippen LogP contribution >= 0.6 is 0 Å². The molecule has 2 atom stereocenters. The van der Waals surface area contributed by atoms with Gasteiger partial charge in [-0.3, -0.25) is 4.79 Å². The van der Waals surface area contributed by atoms with Crippen LogP contribution in [0.1, 0.15) is 39.9 Å². The largest absolute Gasteiger partial charge is 0.381 e. The molecule has 2 aliphatic heterocycles. The number of hydrogen-bond donors (Lipinski definition) is 0. The van der Waals surface area contributed by atoms with E-state index in [-0.39, 0.29) is 11.9 Å². The van der Waals surface area contributed by atoms with Gasteiger partial charge in [0.2, 0.25) is 0 Å². The summed E-state index contributed by atoms with van der Waals surface area (Å²) in [5.74, 6) is 0.486. The third-order valence-corrected chi connectivity index (χ3v) is 5.11. The molecule has 0 bridgehead atoms. The number of ether oxygens (including phenoxy) is 2. The molecular formula is C21H23NO3. The van der Waals surface area contributed by atoms with E-state index in [2.05, 4.69) is 18.2 Å². The Balaban J connectivity index is 1.59. The van der Waals surface area contributed by atoms with E-state index < -0.39 is 0 Å². The molecule has 130 valence electrons. The molecule has 0 aliphatic carbocycles. The molecule has 4 nitrogen and oxygen atoms in total. The second-order valence-electron chi connectivity index (χ2n) is 6.69. The summed E-state index contributed by atoms with van der Waals surface area (Å²) in [5, 5.41) is 0. The van der Waals surface area contributed by atoms with E-state index in [1.807, 2.05) is 41.3 Å². The summed E-state index contributed by atoms with van der Waals surface area (Å²) in [6.45, 7) is 3.32. The van der Waals surface area contributed by atoms with Crippen molar-refractivity contribution in [3.8, 4) is 0 Å². The normalized spacial score (nSPS) is 23.6. The molecule has 2 aliphatic rings. The molecule has 2 aromatic carbocycles. The predicted molar refractivity (Wildman–Crippen MR) is 95.7 cm³/mol. The summed E-state index contributed by atoms with van der Waals surface area (Å²) >= 11 is 0. The summed E-state index contributed by atoms with van der Waals surface area (Å²) in [7, 11) is 0. The first-order valence-corrected chi connectivity index (χ1v) is 8.94. The van der Waals surface area contributed by atoms with Crippen molar-refractivity contribution in [2.75, 3.05) is 33.0 Å². The molecule has 0 aromatic heterocycles. The highest BCUT2D eigenvalue weighted by Gasteiger charge is 2.29. The lowest BCUT2D eigenvalue weighted by Gasteiger charge is -2.36. The summed E-state index contributed by atoms with van der Waals surface area (Å²) in [6.07, 6.45) is 1.03. The van der Waals surface area contributed by atoms with Crippen LogP contribution in [0.5, 0.6) is 0 Å². The molecule has 2 saturated heterocycles. The molecule has 25 heavy (non-hydrogen) atoms. The lowest BCUT2D eigenvalue weighted by molar-refractivity contribution is -0.00270. The average Bonchev–Trinajstić information content (AvgIpc) is 3.23. The summed E-state index contributed by atoms with van der Waals surface area (Å²) in [6, 6.07) is 18.1. The molecule has 2 aromatic rings. The average molecular weight is 337 g/mol. The van der Waals surface area contributed by atoms with Gasteiger partial charge in [-0.2, -0.15) is 0 Å². The van der Waals surface area contributed by atoms with E-state index in [9.17, 15) is 4.79 Å². The Labute approximate surface area is 148 Å². The van der Waals surface area contributed by atoms with Crippen LogP contribution in [0.4, 0.5) is 0 Å². The smallest absolute Gasteiger partial charge is 0.254 e. The Morgan fingerprint density at radius 3 is 2.52 bits per heavy atom. The van der Waals surface area contributed by atoms with E-state index in [4.69, 9.17) is 9.47 Å². The Bertz CT molecular complexity index is 725. The van der Waals surface area contributed by atoms with E-state index in [0.717, 1.165) is 30.8 Å². The van der Waals surface area contributed by atoms with Gasteiger partial charge in [0.15, 0.2) is 0 Å². The summed E-state index contributed by atoms with van der Waals surface area (Å²) in [5.41, 5.74) is 3.08. The highest BCUT2D eigenvalue weighted by atomic mass is 16.5. The zero-order chi connectivity index (χ0) is 17.1. The van der Waals surface area contributed by atoms with E-state index >= 15 is 0 Å². The number of amides is 1. The van der Waals surface area contributed by atoms with Gasteiger partial charge in [0.05, 0.1) is 25.9 Å². The molecule has 0 N–H and O–H groups in total. The fourth-order valence-corrected chi connectivity index (χ4v) is 3.69. The minimum absolute atomic E-state index is 0.0269. The SMILES string of the molecule is O=C(c1cccc([C@@H]2CCOC2)c1)N1CCOC[C@H]1c1ccccc1. The van der Waals surface area contributed by atoms with Gasteiger partial charge in [0.25, 0.3) is 5.91 Å². The number of nitrogens with zero attached hydrogens (tertiary/aromatic N) is 1. The zero-order valence-electron chi connectivity index (χ0n) is 14.3. The number of morpholine rings is 1. The first-order valence-electron chi connectivity index (χ1n) is 8.94. The molecule has 0 radical (unpaired) electrons. The van der Waals surface area contributed by atoms with Gasteiger partial charge in [-0.25, -0.2) is 0 Å². The van der Waals surface area contributed by atoms with E-state index in [0.29, 0.717) is 25.7 Å². The van der Waals surface area contributed by atoms with Crippen LogP contribution in [0, 0.1) is 0 Å². The first-order chi connectivity index (χ1) is 12.3. The third-order valence-electron chi connectivity index (χ3n) is 5.11. The second-order valence-corrected chi connectivity index (χ2v) is 6.69. The number of carbonyl (C=O) groups excluding carboxylic acids is 1.